The minimum atomic E-state index is -0.336. The summed E-state index contributed by atoms with van der Waals surface area (Å²) in [4.78, 5) is 12.1. The Morgan fingerprint density at radius 1 is 1.24 bits per heavy atom. The van der Waals surface area contributed by atoms with Gasteiger partial charge in [0, 0.05) is 24.9 Å². The summed E-state index contributed by atoms with van der Waals surface area (Å²) < 4.78 is 12.1. The van der Waals surface area contributed by atoms with Gasteiger partial charge in [0.15, 0.2) is 0 Å². The van der Waals surface area contributed by atoms with Crippen molar-refractivity contribution in [2.75, 3.05) is 14.2 Å². The van der Waals surface area contributed by atoms with Crippen LogP contribution in [0, 0.1) is 0 Å². The van der Waals surface area contributed by atoms with Gasteiger partial charge in [-0.15, -0.1) is 0 Å². The number of hydrazone groups is 1. The van der Waals surface area contributed by atoms with E-state index in [4.69, 9.17) is 9.47 Å². The van der Waals surface area contributed by atoms with E-state index in [1.807, 2.05) is 29.9 Å². The van der Waals surface area contributed by atoms with Crippen LogP contribution in [-0.4, -0.2) is 30.9 Å². The fourth-order valence-electron chi connectivity index (χ4n) is 1.77. The summed E-state index contributed by atoms with van der Waals surface area (Å²) in [6, 6.07) is 8.73. The SMILES string of the molecule is COc1cc(OC)cc(C(=O)N/N=C/c2cccn2C)c1. The summed E-state index contributed by atoms with van der Waals surface area (Å²) in [6.07, 6.45) is 3.48. The highest BCUT2D eigenvalue weighted by atomic mass is 16.5. The molecule has 1 aromatic carbocycles. The molecule has 0 saturated heterocycles. The maximum absolute atomic E-state index is 12.1. The molecule has 0 aliphatic carbocycles. The van der Waals surface area contributed by atoms with Crippen molar-refractivity contribution in [3.8, 4) is 11.5 Å². The number of carbonyl (C=O) groups excluding carboxylic acids is 1. The van der Waals surface area contributed by atoms with Crippen LogP contribution in [0.4, 0.5) is 0 Å². The summed E-state index contributed by atoms with van der Waals surface area (Å²) in [5.41, 5.74) is 3.77. The molecule has 0 aliphatic rings. The third-order valence-corrected chi connectivity index (χ3v) is 2.96. The van der Waals surface area contributed by atoms with Crippen molar-refractivity contribution in [1.29, 1.82) is 0 Å². The van der Waals surface area contributed by atoms with Gasteiger partial charge in [0.05, 0.1) is 26.1 Å². The number of amides is 1. The average Bonchev–Trinajstić information content (AvgIpc) is 2.92. The summed E-state index contributed by atoms with van der Waals surface area (Å²) in [7, 11) is 4.96. The number of nitrogens with zero attached hydrogens (tertiary/aromatic N) is 2. The van der Waals surface area contributed by atoms with Crippen molar-refractivity contribution in [1.82, 2.24) is 9.99 Å². The van der Waals surface area contributed by atoms with E-state index in [1.54, 1.807) is 24.4 Å². The average molecular weight is 287 g/mol. The predicted molar refractivity (Wildman–Crippen MR) is 80.0 cm³/mol. The number of aryl methyl sites for hydroxylation is 1. The molecule has 1 aromatic heterocycles. The molecule has 6 heteroatoms. The second-order valence-corrected chi connectivity index (χ2v) is 4.34. The van der Waals surface area contributed by atoms with E-state index in [2.05, 4.69) is 10.5 Å². The predicted octanol–water partition coefficient (Wildman–Crippen LogP) is 1.81. The summed E-state index contributed by atoms with van der Waals surface area (Å²) in [6.45, 7) is 0. The summed E-state index contributed by atoms with van der Waals surface area (Å²) in [5.74, 6) is 0.759. The van der Waals surface area contributed by atoms with Gasteiger partial charge in [-0.1, -0.05) is 0 Å². The van der Waals surface area contributed by atoms with E-state index in [1.165, 1.54) is 14.2 Å². The van der Waals surface area contributed by atoms with Crippen LogP contribution in [-0.2, 0) is 7.05 Å². The van der Waals surface area contributed by atoms with Crippen LogP contribution >= 0.6 is 0 Å². The number of hydrogen-bond acceptors (Lipinski definition) is 4. The standard InChI is InChI=1S/C15H17N3O3/c1-18-6-4-5-12(18)10-16-17-15(19)11-7-13(20-2)9-14(8-11)21-3/h4-10H,1-3H3,(H,17,19)/b16-10+. The van der Waals surface area contributed by atoms with E-state index in [0.717, 1.165) is 5.69 Å². The summed E-state index contributed by atoms with van der Waals surface area (Å²) in [5, 5.41) is 3.93. The molecule has 0 bridgehead atoms. The lowest BCUT2D eigenvalue weighted by Gasteiger charge is -2.07. The summed E-state index contributed by atoms with van der Waals surface area (Å²) >= 11 is 0. The molecule has 2 aromatic rings. The van der Waals surface area contributed by atoms with Crippen LogP contribution in [0.15, 0.2) is 41.6 Å². The van der Waals surface area contributed by atoms with Crippen LogP contribution in [0.1, 0.15) is 16.1 Å². The largest absolute Gasteiger partial charge is 0.497 e. The zero-order valence-electron chi connectivity index (χ0n) is 12.2. The Balaban J connectivity index is 2.10. The van der Waals surface area contributed by atoms with Gasteiger partial charge in [0.25, 0.3) is 5.91 Å². The first kappa shape index (κ1) is 14.6. The zero-order chi connectivity index (χ0) is 15.2. The fourth-order valence-corrected chi connectivity index (χ4v) is 1.77. The van der Waals surface area contributed by atoms with Gasteiger partial charge in [-0.3, -0.25) is 4.79 Å². The maximum Gasteiger partial charge on any atom is 0.271 e. The maximum atomic E-state index is 12.1. The van der Waals surface area contributed by atoms with Crippen molar-refractivity contribution in [3.05, 3.63) is 47.8 Å². The van der Waals surface area contributed by atoms with Crippen molar-refractivity contribution < 1.29 is 14.3 Å². The highest BCUT2D eigenvalue weighted by Gasteiger charge is 2.09. The van der Waals surface area contributed by atoms with Crippen LogP contribution in [0.25, 0.3) is 0 Å². The molecule has 1 heterocycles. The molecule has 6 nitrogen and oxygen atoms in total. The molecule has 0 fully saturated rings. The molecule has 1 amide bonds. The van der Waals surface area contributed by atoms with Crippen molar-refractivity contribution in [3.63, 3.8) is 0 Å². The van der Waals surface area contributed by atoms with Gasteiger partial charge < -0.3 is 14.0 Å². The Hall–Kier alpha value is -2.76. The number of benzene rings is 1. The Labute approximate surface area is 123 Å². The van der Waals surface area contributed by atoms with Gasteiger partial charge in [-0.25, -0.2) is 5.43 Å². The first-order valence-electron chi connectivity index (χ1n) is 6.32. The molecule has 1 N–H and O–H groups in total. The van der Waals surface area contributed by atoms with E-state index in [-0.39, 0.29) is 5.91 Å². The molecule has 0 unspecified atom stereocenters. The molecule has 0 aliphatic heterocycles. The molecule has 21 heavy (non-hydrogen) atoms. The lowest BCUT2D eigenvalue weighted by atomic mass is 10.2. The molecule has 2 rings (SSSR count). The number of rotatable bonds is 5. The van der Waals surface area contributed by atoms with E-state index in [0.29, 0.717) is 17.1 Å². The van der Waals surface area contributed by atoms with Gasteiger partial charge in [0.2, 0.25) is 0 Å². The molecule has 0 atom stereocenters. The highest BCUT2D eigenvalue weighted by Crippen LogP contribution is 2.22. The fraction of sp³-hybridized carbons (Fsp3) is 0.200. The smallest absolute Gasteiger partial charge is 0.271 e. The molecular formula is C15H17N3O3. The van der Waals surface area contributed by atoms with Crippen LogP contribution in [0.5, 0.6) is 11.5 Å². The minimum Gasteiger partial charge on any atom is -0.497 e. The normalized spacial score (nSPS) is 10.6. The monoisotopic (exact) mass is 287 g/mol. The number of aromatic nitrogens is 1. The number of hydrogen-bond donors (Lipinski definition) is 1. The van der Waals surface area contributed by atoms with Crippen LogP contribution < -0.4 is 14.9 Å². The lowest BCUT2D eigenvalue weighted by molar-refractivity contribution is 0.0954. The van der Waals surface area contributed by atoms with Crippen molar-refractivity contribution >= 4 is 12.1 Å². The second kappa shape index (κ2) is 6.60. The van der Waals surface area contributed by atoms with Gasteiger partial charge in [-0.2, -0.15) is 5.10 Å². The third kappa shape index (κ3) is 3.62. The quantitative estimate of drug-likeness (QED) is 0.673. The molecule has 0 saturated carbocycles. The Morgan fingerprint density at radius 2 is 1.90 bits per heavy atom. The zero-order valence-corrected chi connectivity index (χ0v) is 12.2. The number of methoxy groups -OCH3 is 2. The Morgan fingerprint density at radius 3 is 2.43 bits per heavy atom. The van der Waals surface area contributed by atoms with E-state index < -0.39 is 0 Å². The molecular weight excluding hydrogens is 270 g/mol. The van der Waals surface area contributed by atoms with E-state index in [9.17, 15) is 4.79 Å². The first-order chi connectivity index (χ1) is 10.1. The highest BCUT2D eigenvalue weighted by molar-refractivity contribution is 5.95. The minimum absolute atomic E-state index is 0.336. The number of carbonyl (C=O) groups is 1. The third-order valence-electron chi connectivity index (χ3n) is 2.96. The lowest BCUT2D eigenvalue weighted by Crippen LogP contribution is -2.18. The van der Waals surface area contributed by atoms with Crippen LogP contribution in [0.3, 0.4) is 0 Å². The Kier molecular flexibility index (Phi) is 4.61. The molecule has 0 radical (unpaired) electrons. The molecule has 0 spiro atoms. The van der Waals surface area contributed by atoms with Crippen molar-refractivity contribution in [2.24, 2.45) is 12.1 Å². The number of nitrogens with one attached hydrogen (secondary N) is 1. The van der Waals surface area contributed by atoms with Crippen molar-refractivity contribution in [2.45, 2.75) is 0 Å². The van der Waals surface area contributed by atoms with Gasteiger partial charge >= 0.3 is 0 Å². The van der Waals surface area contributed by atoms with E-state index >= 15 is 0 Å². The van der Waals surface area contributed by atoms with Gasteiger partial charge in [0.1, 0.15) is 11.5 Å². The number of ether oxygens (including phenoxy) is 2. The van der Waals surface area contributed by atoms with Crippen LogP contribution in [0.2, 0.25) is 0 Å². The Bertz CT molecular complexity index is 640. The second-order valence-electron chi connectivity index (χ2n) is 4.34. The topological polar surface area (TPSA) is 64.8 Å². The molecule has 110 valence electrons. The first-order valence-corrected chi connectivity index (χ1v) is 6.32. The van der Waals surface area contributed by atoms with Gasteiger partial charge in [-0.05, 0) is 24.3 Å².